The van der Waals surface area contributed by atoms with Gasteiger partial charge in [-0.3, -0.25) is 9.63 Å². The van der Waals surface area contributed by atoms with Crippen LogP contribution < -0.4 is 5.06 Å². The molecule has 3 rings (SSSR count). The van der Waals surface area contributed by atoms with E-state index < -0.39 is 0 Å². The summed E-state index contributed by atoms with van der Waals surface area (Å²) in [4.78, 5) is 18.5. The number of carbonyl (C=O) groups is 1. The van der Waals surface area contributed by atoms with E-state index in [1.54, 1.807) is 12.1 Å². The molecule has 0 radical (unpaired) electrons. The van der Waals surface area contributed by atoms with Crippen LogP contribution in [0.15, 0.2) is 97.1 Å². The molecular weight excluding hydrogens is 310 g/mol. The zero-order valence-electron chi connectivity index (χ0n) is 13.8. The smallest absolute Gasteiger partial charge is 0.266 e. The zero-order chi connectivity index (χ0) is 17.3. The molecule has 0 aliphatic rings. The summed E-state index contributed by atoms with van der Waals surface area (Å²) < 4.78 is 0. The molecule has 0 aliphatic heterocycles. The Labute approximate surface area is 147 Å². The van der Waals surface area contributed by atoms with Crippen molar-refractivity contribution in [2.75, 3.05) is 11.7 Å². The van der Waals surface area contributed by atoms with Gasteiger partial charge in [0.15, 0.2) is 0 Å². The van der Waals surface area contributed by atoms with Gasteiger partial charge in [0.2, 0.25) is 0 Å². The number of amides is 1. The highest BCUT2D eigenvalue weighted by Gasteiger charge is 2.18. The maximum Gasteiger partial charge on any atom is 0.282 e. The molecule has 25 heavy (non-hydrogen) atoms. The molecule has 0 atom stereocenters. The lowest BCUT2D eigenvalue weighted by atomic mass is 10.2. The van der Waals surface area contributed by atoms with Crippen molar-refractivity contribution in [2.45, 2.75) is 0 Å². The highest BCUT2D eigenvalue weighted by atomic mass is 16.7. The minimum Gasteiger partial charge on any atom is -0.266 e. The second-order valence-corrected chi connectivity index (χ2v) is 5.41. The highest BCUT2D eigenvalue weighted by molar-refractivity contribution is 6.04. The minimum atomic E-state index is -0.195. The Morgan fingerprint density at radius 3 is 2.00 bits per heavy atom. The van der Waals surface area contributed by atoms with E-state index in [-0.39, 0.29) is 5.91 Å². The Balaban J connectivity index is 1.73. The Morgan fingerprint density at radius 1 is 0.800 bits per heavy atom. The molecule has 0 aliphatic carbocycles. The SMILES string of the molecule is O=C(c1ccccc1)N(OCC=Cc1ccccc1)c1ccccc1. The minimum absolute atomic E-state index is 0.195. The number of para-hydroxylation sites is 1. The van der Waals surface area contributed by atoms with Crippen LogP contribution in [0.3, 0.4) is 0 Å². The molecule has 0 fully saturated rings. The molecule has 3 heteroatoms. The Kier molecular flexibility index (Phi) is 5.75. The van der Waals surface area contributed by atoms with Gasteiger partial charge in [0, 0.05) is 5.56 Å². The molecule has 0 saturated heterocycles. The maximum atomic E-state index is 12.8. The van der Waals surface area contributed by atoms with Crippen molar-refractivity contribution in [2.24, 2.45) is 0 Å². The van der Waals surface area contributed by atoms with Crippen LogP contribution in [0.2, 0.25) is 0 Å². The summed E-state index contributed by atoms with van der Waals surface area (Å²) in [6, 6.07) is 28.4. The molecule has 0 N–H and O–H groups in total. The standard InChI is InChI=1S/C22H19NO2/c24-22(20-14-6-2-7-15-20)23(21-16-8-3-9-17-21)25-18-10-13-19-11-4-1-5-12-19/h1-17H,18H2. The van der Waals surface area contributed by atoms with E-state index in [0.717, 1.165) is 5.56 Å². The van der Waals surface area contributed by atoms with Gasteiger partial charge in [0.25, 0.3) is 5.91 Å². The lowest BCUT2D eigenvalue weighted by Crippen LogP contribution is -2.31. The lowest BCUT2D eigenvalue weighted by molar-refractivity contribution is 0.0713. The van der Waals surface area contributed by atoms with Crippen LogP contribution in [-0.4, -0.2) is 12.5 Å². The average molecular weight is 329 g/mol. The topological polar surface area (TPSA) is 29.5 Å². The van der Waals surface area contributed by atoms with Crippen molar-refractivity contribution in [1.29, 1.82) is 0 Å². The number of benzene rings is 3. The Bertz CT molecular complexity index is 814. The Hall–Kier alpha value is -3.17. The van der Waals surface area contributed by atoms with Gasteiger partial charge >= 0.3 is 0 Å². The van der Waals surface area contributed by atoms with Crippen molar-refractivity contribution in [3.63, 3.8) is 0 Å². The molecular formula is C22H19NO2. The van der Waals surface area contributed by atoms with E-state index in [0.29, 0.717) is 17.9 Å². The van der Waals surface area contributed by atoms with Gasteiger partial charge in [-0.2, -0.15) is 5.06 Å². The zero-order valence-corrected chi connectivity index (χ0v) is 13.8. The van der Waals surface area contributed by atoms with Crippen LogP contribution in [0.5, 0.6) is 0 Å². The van der Waals surface area contributed by atoms with E-state index in [1.165, 1.54) is 5.06 Å². The number of nitrogens with zero attached hydrogens (tertiary/aromatic N) is 1. The van der Waals surface area contributed by atoms with E-state index in [4.69, 9.17) is 4.84 Å². The van der Waals surface area contributed by atoms with Crippen LogP contribution in [-0.2, 0) is 4.84 Å². The van der Waals surface area contributed by atoms with Gasteiger partial charge in [-0.15, -0.1) is 0 Å². The number of hydroxylamine groups is 1. The molecule has 3 nitrogen and oxygen atoms in total. The number of rotatable bonds is 6. The van der Waals surface area contributed by atoms with Crippen LogP contribution in [0.4, 0.5) is 5.69 Å². The molecule has 1 amide bonds. The molecule has 0 saturated carbocycles. The second-order valence-electron chi connectivity index (χ2n) is 5.41. The van der Waals surface area contributed by atoms with Crippen LogP contribution in [0.1, 0.15) is 15.9 Å². The van der Waals surface area contributed by atoms with Crippen molar-refractivity contribution in [3.05, 3.63) is 108 Å². The van der Waals surface area contributed by atoms with Gasteiger partial charge in [-0.1, -0.05) is 78.9 Å². The van der Waals surface area contributed by atoms with E-state index in [2.05, 4.69) is 0 Å². The second kappa shape index (κ2) is 8.62. The molecule has 3 aromatic rings. The molecule has 0 aromatic heterocycles. The molecule has 0 bridgehead atoms. The first-order chi connectivity index (χ1) is 12.3. The van der Waals surface area contributed by atoms with Crippen LogP contribution in [0.25, 0.3) is 6.08 Å². The van der Waals surface area contributed by atoms with E-state index in [1.807, 2.05) is 91.0 Å². The first-order valence-corrected chi connectivity index (χ1v) is 8.13. The van der Waals surface area contributed by atoms with E-state index >= 15 is 0 Å². The fourth-order valence-electron chi connectivity index (χ4n) is 2.38. The summed E-state index contributed by atoms with van der Waals surface area (Å²) in [5.41, 5.74) is 2.37. The number of carbonyl (C=O) groups excluding carboxylic acids is 1. The fraction of sp³-hybridized carbons (Fsp3) is 0.0455. The van der Waals surface area contributed by atoms with Crippen molar-refractivity contribution < 1.29 is 9.63 Å². The number of anilines is 1. The summed E-state index contributed by atoms with van der Waals surface area (Å²) in [5, 5.41) is 1.34. The first kappa shape index (κ1) is 16.7. The average Bonchev–Trinajstić information content (AvgIpc) is 2.70. The van der Waals surface area contributed by atoms with Crippen LogP contribution in [0, 0.1) is 0 Å². The molecule has 3 aromatic carbocycles. The number of hydrogen-bond donors (Lipinski definition) is 0. The van der Waals surface area contributed by atoms with Gasteiger partial charge in [0.1, 0.15) is 0 Å². The molecule has 0 unspecified atom stereocenters. The summed E-state index contributed by atoms with van der Waals surface area (Å²) in [7, 11) is 0. The van der Waals surface area contributed by atoms with E-state index in [9.17, 15) is 4.79 Å². The predicted octanol–water partition coefficient (Wildman–Crippen LogP) is 4.98. The Morgan fingerprint density at radius 2 is 1.36 bits per heavy atom. The predicted molar refractivity (Wildman–Crippen MR) is 101 cm³/mol. The lowest BCUT2D eigenvalue weighted by Gasteiger charge is -2.21. The summed E-state index contributed by atoms with van der Waals surface area (Å²) in [6.07, 6.45) is 3.86. The van der Waals surface area contributed by atoms with Crippen molar-refractivity contribution in [1.82, 2.24) is 0 Å². The van der Waals surface area contributed by atoms with Crippen LogP contribution >= 0.6 is 0 Å². The largest absolute Gasteiger partial charge is 0.282 e. The summed E-state index contributed by atoms with van der Waals surface area (Å²) >= 11 is 0. The normalized spacial score (nSPS) is 10.7. The summed E-state index contributed by atoms with van der Waals surface area (Å²) in [6.45, 7) is 0.294. The molecule has 0 spiro atoms. The van der Waals surface area contributed by atoms with Crippen molar-refractivity contribution >= 4 is 17.7 Å². The highest BCUT2D eigenvalue weighted by Crippen LogP contribution is 2.17. The third-order valence-corrected chi connectivity index (χ3v) is 3.61. The van der Waals surface area contributed by atoms with Gasteiger partial charge in [0.05, 0.1) is 12.3 Å². The third kappa shape index (κ3) is 4.66. The quantitative estimate of drug-likeness (QED) is 0.597. The van der Waals surface area contributed by atoms with Crippen molar-refractivity contribution in [3.8, 4) is 0 Å². The first-order valence-electron chi connectivity index (χ1n) is 8.13. The number of hydrogen-bond acceptors (Lipinski definition) is 2. The monoisotopic (exact) mass is 329 g/mol. The van der Waals surface area contributed by atoms with Gasteiger partial charge < -0.3 is 0 Å². The van der Waals surface area contributed by atoms with Gasteiger partial charge in [-0.25, -0.2) is 0 Å². The molecule has 0 heterocycles. The maximum absolute atomic E-state index is 12.8. The van der Waals surface area contributed by atoms with Gasteiger partial charge in [-0.05, 0) is 29.8 Å². The molecule has 124 valence electrons. The third-order valence-electron chi connectivity index (χ3n) is 3.61. The summed E-state index contributed by atoms with van der Waals surface area (Å²) in [5.74, 6) is -0.195. The fourth-order valence-corrected chi connectivity index (χ4v) is 2.38.